The Hall–Kier alpha value is -1.62. The Balaban J connectivity index is 1.93. The van der Waals surface area contributed by atoms with E-state index in [1.54, 1.807) is 18.3 Å². The van der Waals surface area contributed by atoms with E-state index in [9.17, 15) is 4.79 Å². The van der Waals surface area contributed by atoms with Crippen molar-refractivity contribution in [3.8, 4) is 5.75 Å². The largest absolute Gasteiger partial charge is 0.493 e. The lowest BCUT2D eigenvalue weighted by molar-refractivity contribution is 0.0950. The van der Waals surface area contributed by atoms with Crippen molar-refractivity contribution in [2.75, 3.05) is 19.7 Å². The molecule has 20 heavy (non-hydrogen) atoms. The predicted molar refractivity (Wildman–Crippen MR) is 77.6 cm³/mol. The van der Waals surface area contributed by atoms with Gasteiger partial charge in [0, 0.05) is 18.8 Å². The molecule has 0 radical (unpaired) electrons. The van der Waals surface area contributed by atoms with Crippen molar-refractivity contribution in [3.63, 3.8) is 0 Å². The van der Waals surface area contributed by atoms with Gasteiger partial charge >= 0.3 is 0 Å². The number of pyridine rings is 1. The third kappa shape index (κ3) is 3.70. The van der Waals surface area contributed by atoms with Crippen LogP contribution in [0.1, 0.15) is 36.7 Å². The minimum atomic E-state index is -0.168. The van der Waals surface area contributed by atoms with Gasteiger partial charge in [0.15, 0.2) is 0 Å². The van der Waals surface area contributed by atoms with Gasteiger partial charge < -0.3 is 15.8 Å². The van der Waals surface area contributed by atoms with Crippen molar-refractivity contribution >= 4 is 5.91 Å². The number of ether oxygens (including phenoxy) is 1. The summed E-state index contributed by atoms with van der Waals surface area (Å²) >= 11 is 0. The molecule has 5 nitrogen and oxygen atoms in total. The van der Waals surface area contributed by atoms with Crippen LogP contribution in [0.2, 0.25) is 0 Å². The number of aromatic nitrogens is 1. The topological polar surface area (TPSA) is 77.2 Å². The highest BCUT2D eigenvalue weighted by atomic mass is 16.5. The second-order valence-electron chi connectivity index (χ2n) is 5.23. The molecule has 0 aromatic carbocycles. The zero-order chi connectivity index (χ0) is 14.4. The van der Waals surface area contributed by atoms with Crippen LogP contribution < -0.4 is 15.8 Å². The van der Waals surface area contributed by atoms with Crippen molar-refractivity contribution in [1.29, 1.82) is 0 Å². The molecule has 0 bridgehead atoms. The highest BCUT2D eigenvalue weighted by molar-refractivity contribution is 5.92. The molecule has 1 saturated carbocycles. The monoisotopic (exact) mass is 277 g/mol. The third-order valence-electron chi connectivity index (χ3n) is 3.88. The maximum Gasteiger partial charge on any atom is 0.270 e. The fourth-order valence-corrected chi connectivity index (χ4v) is 2.72. The molecule has 1 heterocycles. The van der Waals surface area contributed by atoms with Gasteiger partial charge in [0.05, 0.1) is 6.61 Å². The van der Waals surface area contributed by atoms with Crippen molar-refractivity contribution in [2.24, 2.45) is 17.6 Å². The van der Waals surface area contributed by atoms with E-state index >= 15 is 0 Å². The lowest BCUT2D eigenvalue weighted by atomic mass is 9.97. The van der Waals surface area contributed by atoms with E-state index in [2.05, 4.69) is 10.3 Å². The molecule has 5 heteroatoms. The summed E-state index contributed by atoms with van der Waals surface area (Å²) in [4.78, 5) is 15.8. The lowest BCUT2D eigenvalue weighted by Crippen LogP contribution is -2.24. The molecule has 0 saturated heterocycles. The third-order valence-corrected chi connectivity index (χ3v) is 3.88. The lowest BCUT2D eigenvalue weighted by Gasteiger charge is -2.18. The standard InChI is InChI=1S/C15H23N3O2/c1-2-17-15(19)14-8-13(6-7-18-14)20-10-12-5-3-4-11(12)9-16/h6-8,11-12H,2-5,9-10,16H2,1H3,(H,17,19). The SMILES string of the molecule is CCNC(=O)c1cc(OCC2CCCC2CN)ccn1. The van der Waals surface area contributed by atoms with E-state index in [4.69, 9.17) is 10.5 Å². The molecule has 0 aliphatic heterocycles. The minimum absolute atomic E-state index is 0.168. The van der Waals surface area contributed by atoms with Crippen LogP contribution in [0.5, 0.6) is 5.75 Å². The Morgan fingerprint density at radius 3 is 3.05 bits per heavy atom. The molecular formula is C15H23N3O2. The molecule has 0 spiro atoms. The smallest absolute Gasteiger partial charge is 0.270 e. The second-order valence-corrected chi connectivity index (χ2v) is 5.23. The minimum Gasteiger partial charge on any atom is -0.493 e. The highest BCUT2D eigenvalue weighted by Gasteiger charge is 2.26. The molecular weight excluding hydrogens is 254 g/mol. The number of amides is 1. The summed E-state index contributed by atoms with van der Waals surface area (Å²) in [5.74, 6) is 1.63. The van der Waals surface area contributed by atoms with E-state index in [0.717, 1.165) is 6.54 Å². The van der Waals surface area contributed by atoms with Gasteiger partial charge in [0.25, 0.3) is 5.91 Å². The number of carbonyl (C=O) groups excluding carboxylic acids is 1. The molecule has 2 unspecified atom stereocenters. The fourth-order valence-electron chi connectivity index (χ4n) is 2.72. The van der Waals surface area contributed by atoms with Gasteiger partial charge in [-0.15, -0.1) is 0 Å². The number of carbonyl (C=O) groups is 1. The van der Waals surface area contributed by atoms with Crippen LogP contribution in [0, 0.1) is 11.8 Å². The van der Waals surface area contributed by atoms with Gasteiger partial charge in [-0.2, -0.15) is 0 Å². The van der Waals surface area contributed by atoms with E-state index in [1.165, 1.54) is 19.3 Å². The van der Waals surface area contributed by atoms with Crippen LogP contribution in [-0.4, -0.2) is 30.6 Å². The second kappa shape index (κ2) is 7.24. The molecule has 2 atom stereocenters. The fraction of sp³-hybridized carbons (Fsp3) is 0.600. The van der Waals surface area contributed by atoms with Crippen LogP contribution in [0.15, 0.2) is 18.3 Å². The summed E-state index contributed by atoms with van der Waals surface area (Å²) < 4.78 is 5.82. The van der Waals surface area contributed by atoms with E-state index in [1.807, 2.05) is 6.92 Å². The van der Waals surface area contributed by atoms with Crippen LogP contribution in [0.3, 0.4) is 0 Å². The molecule has 3 N–H and O–H groups in total. The first kappa shape index (κ1) is 14.8. The quantitative estimate of drug-likeness (QED) is 0.827. The Morgan fingerprint density at radius 2 is 2.30 bits per heavy atom. The molecule has 1 fully saturated rings. The molecule has 2 rings (SSSR count). The first-order valence-electron chi connectivity index (χ1n) is 7.31. The Kier molecular flexibility index (Phi) is 5.35. The molecule has 1 aliphatic rings. The van der Waals surface area contributed by atoms with Crippen LogP contribution in [0.4, 0.5) is 0 Å². The maximum atomic E-state index is 11.7. The molecule has 1 aromatic rings. The Morgan fingerprint density at radius 1 is 1.50 bits per heavy atom. The van der Waals surface area contributed by atoms with E-state index < -0.39 is 0 Å². The zero-order valence-corrected chi connectivity index (χ0v) is 12.0. The molecule has 1 aromatic heterocycles. The highest BCUT2D eigenvalue weighted by Crippen LogP contribution is 2.31. The molecule has 1 amide bonds. The summed E-state index contributed by atoms with van der Waals surface area (Å²) in [6.07, 6.45) is 5.21. The van der Waals surface area contributed by atoms with Gasteiger partial charge in [-0.3, -0.25) is 9.78 Å². The normalized spacial score (nSPS) is 21.7. The average Bonchev–Trinajstić information content (AvgIpc) is 2.93. The van der Waals surface area contributed by atoms with E-state index in [-0.39, 0.29) is 5.91 Å². The van der Waals surface area contributed by atoms with Crippen LogP contribution in [-0.2, 0) is 0 Å². The maximum absolute atomic E-state index is 11.7. The van der Waals surface area contributed by atoms with Crippen molar-refractivity contribution in [1.82, 2.24) is 10.3 Å². The molecule has 1 aliphatic carbocycles. The van der Waals surface area contributed by atoms with Gasteiger partial charge in [-0.05, 0) is 44.2 Å². The number of hydrogen-bond acceptors (Lipinski definition) is 4. The van der Waals surface area contributed by atoms with Crippen LogP contribution in [0.25, 0.3) is 0 Å². The van der Waals surface area contributed by atoms with Gasteiger partial charge in [-0.1, -0.05) is 6.42 Å². The van der Waals surface area contributed by atoms with Crippen molar-refractivity contribution in [3.05, 3.63) is 24.0 Å². The van der Waals surface area contributed by atoms with Gasteiger partial charge in [-0.25, -0.2) is 0 Å². The van der Waals surface area contributed by atoms with Crippen molar-refractivity contribution in [2.45, 2.75) is 26.2 Å². The first-order chi connectivity index (χ1) is 9.74. The molecule has 110 valence electrons. The summed E-state index contributed by atoms with van der Waals surface area (Å²) in [5.41, 5.74) is 6.17. The number of nitrogens with zero attached hydrogens (tertiary/aromatic N) is 1. The number of hydrogen-bond donors (Lipinski definition) is 2. The summed E-state index contributed by atoms with van der Waals surface area (Å²) in [7, 11) is 0. The van der Waals surface area contributed by atoms with Crippen LogP contribution >= 0.6 is 0 Å². The Labute approximate surface area is 119 Å². The number of nitrogens with one attached hydrogen (secondary N) is 1. The predicted octanol–water partition coefficient (Wildman–Crippen LogP) is 1.59. The Bertz CT molecular complexity index is 450. The summed E-state index contributed by atoms with van der Waals surface area (Å²) in [5, 5.41) is 2.73. The summed E-state index contributed by atoms with van der Waals surface area (Å²) in [6, 6.07) is 3.48. The van der Waals surface area contributed by atoms with Gasteiger partial charge in [0.1, 0.15) is 11.4 Å². The summed E-state index contributed by atoms with van der Waals surface area (Å²) in [6.45, 7) is 3.87. The average molecular weight is 277 g/mol. The zero-order valence-electron chi connectivity index (χ0n) is 12.0. The van der Waals surface area contributed by atoms with Gasteiger partial charge in [0.2, 0.25) is 0 Å². The van der Waals surface area contributed by atoms with E-state index in [0.29, 0.717) is 36.4 Å². The first-order valence-corrected chi connectivity index (χ1v) is 7.31. The number of nitrogens with two attached hydrogens (primary N) is 1. The number of rotatable bonds is 6. The van der Waals surface area contributed by atoms with Crippen molar-refractivity contribution < 1.29 is 9.53 Å².